The zero-order valence-electron chi connectivity index (χ0n) is 10.2. The second kappa shape index (κ2) is 10.3. The topological polar surface area (TPSA) is 26.0 Å². The summed E-state index contributed by atoms with van der Waals surface area (Å²) in [5, 5.41) is 0. The minimum absolute atomic E-state index is 0.500. The van der Waals surface area contributed by atoms with Crippen LogP contribution in [0.5, 0.6) is 0 Å². The van der Waals surface area contributed by atoms with Gasteiger partial charge in [0.1, 0.15) is 0 Å². The van der Waals surface area contributed by atoms with E-state index in [-0.39, 0.29) is 0 Å². The molecule has 1 aromatic carbocycles. The number of hydrogen-bond donors (Lipinski definition) is 1. The van der Waals surface area contributed by atoms with Crippen LogP contribution in [0, 0.1) is 5.41 Å². The van der Waals surface area contributed by atoms with E-state index in [1.807, 2.05) is 43.3 Å². The van der Waals surface area contributed by atoms with E-state index in [0.29, 0.717) is 5.41 Å². The van der Waals surface area contributed by atoms with Crippen LogP contribution in [0.25, 0.3) is 0 Å². The van der Waals surface area contributed by atoms with Crippen molar-refractivity contribution >= 4 is 0 Å². The Morgan fingerprint density at radius 1 is 0.786 bits per heavy atom. The Hall–Kier alpha value is -0.820. The molecular formula is C13H25N. The molecule has 82 valence electrons. The maximum atomic E-state index is 4.85. The summed E-state index contributed by atoms with van der Waals surface area (Å²) in [5.74, 6) is 0. The van der Waals surface area contributed by atoms with Crippen molar-refractivity contribution in [3.05, 3.63) is 36.4 Å². The lowest BCUT2D eigenvalue weighted by atomic mass is 10.0. The van der Waals surface area contributed by atoms with Gasteiger partial charge in [-0.15, -0.1) is 0 Å². The molecule has 0 fully saturated rings. The van der Waals surface area contributed by atoms with Gasteiger partial charge in [0.15, 0.2) is 0 Å². The third-order valence-corrected chi connectivity index (χ3v) is 0.667. The van der Waals surface area contributed by atoms with Crippen LogP contribution in [0.4, 0.5) is 0 Å². The largest absolute Gasteiger partial charge is 0.331 e. The molecule has 0 amide bonds. The van der Waals surface area contributed by atoms with Crippen molar-refractivity contribution in [3.63, 3.8) is 0 Å². The molecule has 14 heavy (non-hydrogen) atoms. The lowest BCUT2D eigenvalue weighted by Crippen LogP contribution is -1.93. The highest BCUT2D eigenvalue weighted by atomic mass is 14.5. The molecular weight excluding hydrogens is 170 g/mol. The van der Waals surface area contributed by atoms with Gasteiger partial charge in [-0.25, -0.2) is 0 Å². The van der Waals surface area contributed by atoms with Crippen LogP contribution < -0.4 is 5.73 Å². The van der Waals surface area contributed by atoms with Gasteiger partial charge in [-0.3, -0.25) is 0 Å². The summed E-state index contributed by atoms with van der Waals surface area (Å²) in [5.41, 5.74) is 5.35. The fourth-order valence-corrected chi connectivity index (χ4v) is 0.385. The van der Waals surface area contributed by atoms with Crippen molar-refractivity contribution in [2.45, 2.75) is 34.6 Å². The number of rotatable bonds is 0. The summed E-state index contributed by atoms with van der Waals surface area (Å²) in [7, 11) is 0. The van der Waals surface area contributed by atoms with Gasteiger partial charge in [0.05, 0.1) is 0 Å². The number of hydrogen-bond acceptors (Lipinski definition) is 1. The van der Waals surface area contributed by atoms with E-state index in [2.05, 4.69) is 27.7 Å². The van der Waals surface area contributed by atoms with E-state index in [0.717, 1.165) is 6.54 Å². The van der Waals surface area contributed by atoms with Crippen molar-refractivity contribution < 1.29 is 0 Å². The Morgan fingerprint density at radius 2 is 0.857 bits per heavy atom. The number of benzene rings is 1. The molecule has 0 unspecified atom stereocenters. The van der Waals surface area contributed by atoms with E-state index in [1.54, 1.807) is 0 Å². The summed E-state index contributed by atoms with van der Waals surface area (Å²) in [6.07, 6.45) is 0. The Kier molecular flexibility index (Phi) is 11.5. The molecule has 0 aliphatic heterocycles. The summed E-state index contributed by atoms with van der Waals surface area (Å²) in [4.78, 5) is 0. The quantitative estimate of drug-likeness (QED) is 0.671. The maximum Gasteiger partial charge on any atom is -0.0106 e. The van der Waals surface area contributed by atoms with Crippen molar-refractivity contribution in [1.29, 1.82) is 0 Å². The molecule has 0 aromatic heterocycles. The highest BCUT2D eigenvalue weighted by Crippen LogP contribution is 2.08. The molecule has 0 heterocycles. The first kappa shape index (κ1) is 15.6. The molecule has 0 bridgehead atoms. The van der Waals surface area contributed by atoms with Crippen molar-refractivity contribution in [1.82, 2.24) is 0 Å². The molecule has 0 saturated carbocycles. The lowest BCUT2D eigenvalue weighted by Gasteiger charge is -2.05. The fourth-order valence-electron chi connectivity index (χ4n) is 0.385. The summed E-state index contributed by atoms with van der Waals surface area (Å²) >= 11 is 0. The van der Waals surface area contributed by atoms with Gasteiger partial charge in [0, 0.05) is 0 Å². The Bertz CT molecular complexity index is 141. The second-order valence-corrected chi connectivity index (χ2v) is 4.56. The summed E-state index contributed by atoms with van der Waals surface area (Å²) in [6.45, 7) is 11.4. The molecule has 1 rings (SSSR count). The minimum Gasteiger partial charge on any atom is -0.331 e. The van der Waals surface area contributed by atoms with Gasteiger partial charge in [0.2, 0.25) is 0 Å². The molecule has 1 nitrogen and oxygen atoms in total. The molecule has 1 heteroatoms. The number of nitrogens with two attached hydrogens (primary N) is 1. The summed E-state index contributed by atoms with van der Waals surface area (Å²) in [6, 6.07) is 12.0. The lowest BCUT2D eigenvalue weighted by molar-refractivity contribution is 0.469. The van der Waals surface area contributed by atoms with Crippen LogP contribution >= 0.6 is 0 Å². The van der Waals surface area contributed by atoms with Crippen LogP contribution in [0.3, 0.4) is 0 Å². The van der Waals surface area contributed by atoms with Crippen LogP contribution in [-0.2, 0) is 0 Å². The van der Waals surface area contributed by atoms with Gasteiger partial charge in [-0.05, 0) is 12.0 Å². The molecule has 2 N–H and O–H groups in total. The van der Waals surface area contributed by atoms with Gasteiger partial charge >= 0.3 is 0 Å². The first-order valence-electron chi connectivity index (χ1n) is 5.12. The standard InChI is InChI=1S/C6H6.C5H12.C2H7N/c1-2-4-6-5-3-1;1-5(2,3)4;1-2-3/h1-6H;1-4H3;2-3H2,1H3. The van der Waals surface area contributed by atoms with Gasteiger partial charge in [-0.1, -0.05) is 71.0 Å². The van der Waals surface area contributed by atoms with Gasteiger partial charge in [-0.2, -0.15) is 0 Å². The second-order valence-electron chi connectivity index (χ2n) is 4.56. The van der Waals surface area contributed by atoms with E-state index >= 15 is 0 Å². The average molecular weight is 195 g/mol. The van der Waals surface area contributed by atoms with E-state index in [9.17, 15) is 0 Å². The monoisotopic (exact) mass is 195 g/mol. The predicted molar refractivity (Wildman–Crippen MR) is 66.3 cm³/mol. The molecule has 1 aromatic rings. The molecule has 0 radical (unpaired) electrons. The SMILES string of the molecule is CC(C)(C)C.CCN.c1ccccc1. The third-order valence-electron chi connectivity index (χ3n) is 0.667. The highest BCUT2D eigenvalue weighted by molar-refractivity contribution is 4.99. The minimum atomic E-state index is 0.500. The Labute approximate surface area is 89.3 Å². The third kappa shape index (κ3) is 43.2. The zero-order chi connectivity index (χ0) is 11.4. The van der Waals surface area contributed by atoms with Crippen LogP contribution in [0.2, 0.25) is 0 Å². The van der Waals surface area contributed by atoms with Crippen LogP contribution in [0.15, 0.2) is 36.4 Å². The molecule has 0 aliphatic carbocycles. The van der Waals surface area contributed by atoms with Gasteiger partial charge in [0.25, 0.3) is 0 Å². The Morgan fingerprint density at radius 3 is 0.929 bits per heavy atom. The van der Waals surface area contributed by atoms with E-state index < -0.39 is 0 Å². The van der Waals surface area contributed by atoms with Gasteiger partial charge < -0.3 is 5.73 Å². The fraction of sp³-hybridized carbons (Fsp3) is 0.538. The van der Waals surface area contributed by atoms with Crippen molar-refractivity contribution in [3.8, 4) is 0 Å². The molecule has 0 spiro atoms. The van der Waals surface area contributed by atoms with E-state index in [4.69, 9.17) is 5.73 Å². The molecule has 0 aliphatic rings. The predicted octanol–water partition coefficient (Wildman–Crippen LogP) is 3.70. The molecule has 0 saturated heterocycles. The zero-order valence-corrected chi connectivity index (χ0v) is 10.2. The maximum absolute atomic E-state index is 4.85. The average Bonchev–Trinajstić information content (AvgIpc) is 2.06. The smallest absolute Gasteiger partial charge is 0.0106 e. The van der Waals surface area contributed by atoms with Crippen LogP contribution in [-0.4, -0.2) is 6.54 Å². The first-order valence-corrected chi connectivity index (χ1v) is 5.12. The van der Waals surface area contributed by atoms with Crippen LogP contribution in [0.1, 0.15) is 34.6 Å². The van der Waals surface area contributed by atoms with Crippen molar-refractivity contribution in [2.24, 2.45) is 11.1 Å². The summed E-state index contributed by atoms with van der Waals surface area (Å²) < 4.78 is 0. The first-order chi connectivity index (χ1) is 6.41. The van der Waals surface area contributed by atoms with Crippen molar-refractivity contribution in [2.75, 3.05) is 6.54 Å². The molecule has 0 atom stereocenters. The Balaban J connectivity index is 0. The highest BCUT2D eigenvalue weighted by Gasteiger charge is 1.95. The normalized spacial score (nSPS) is 9.00. The van der Waals surface area contributed by atoms with E-state index in [1.165, 1.54) is 0 Å².